The largest absolute Gasteiger partial charge is 0.480 e. The number of carbonyl (C=O) groups excluding carboxylic acids is 2. The van der Waals surface area contributed by atoms with E-state index in [4.69, 9.17) is 0 Å². The lowest BCUT2D eigenvalue weighted by atomic mass is 10.0. The molecule has 1 heterocycles. The SMILES string of the molecule is CC(NC(=O)C(Cc1ccccc1)n1c(=O)[nH]c2ccccc2c1=O)C(=O)NC(C(=O)O)C(C)C. The van der Waals surface area contributed by atoms with Crippen LogP contribution in [0.1, 0.15) is 32.4 Å². The molecule has 0 radical (unpaired) electrons. The minimum absolute atomic E-state index is 0.0199. The third-order valence-corrected chi connectivity index (χ3v) is 5.71. The summed E-state index contributed by atoms with van der Waals surface area (Å²) in [7, 11) is 0. The van der Waals surface area contributed by atoms with Crippen LogP contribution in [0.5, 0.6) is 0 Å². The molecule has 3 rings (SSSR count). The minimum Gasteiger partial charge on any atom is -0.480 e. The van der Waals surface area contributed by atoms with Gasteiger partial charge in [0.15, 0.2) is 0 Å². The maximum absolute atomic E-state index is 13.3. The topological polar surface area (TPSA) is 150 Å². The molecule has 0 aliphatic heterocycles. The van der Waals surface area contributed by atoms with Crippen LogP contribution in [0.15, 0.2) is 64.2 Å². The van der Waals surface area contributed by atoms with Crippen molar-refractivity contribution in [1.82, 2.24) is 20.2 Å². The number of carbonyl (C=O) groups is 3. The fourth-order valence-corrected chi connectivity index (χ4v) is 3.76. The molecular formula is C25H28N4O6. The monoisotopic (exact) mass is 480 g/mol. The summed E-state index contributed by atoms with van der Waals surface area (Å²) < 4.78 is 0.851. The lowest BCUT2D eigenvalue weighted by Crippen LogP contribution is -2.54. The van der Waals surface area contributed by atoms with Crippen LogP contribution in [0.4, 0.5) is 0 Å². The molecule has 2 aromatic carbocycles. The molecule has 3 unspecified atom stereocenters. The fourth-order valence-electron chi connectivity index (χ4n) is 3.76. The second-order valence-electron chi connectivity index (χ2n) is 8.66. The van der Waals surface area contributed by atoms with E-state index < -0.39 is 47.2 Å². The third-order valence-electron chi connectivity index (χ3n) is 5.71. The summed E-state index contributed by atoms with van der Waals surface area (Å²) in [6.07, 6.45) is 0.0199. The van der Waals surface area contributed by atoms with E-state index in [-0.39, 0.29) is 17.7 Å². The molecule has 0 fully saturated rings. The van der Waals surface area contributed by atoms with E-state index in [0.29, 0.717) is 11.1 Å². The van der Waals surface area contributed by atoms with Gasteiger partial charge in [-0.15, -0.1) is 0 Å². The van der Waals surface area contributed by atoms with Crippen LogP contribution < -0.4 is 21.9 Å². The van der Waals surface area contributed by atoms with Gasteiger partial charge in [0.1, 0.15) is 18.1 Å². The number of para-hydroxylation sites is 1. The summed E-state index contributed by atoms with van der Waals surface area (Å²) in [5, 5.41) is 14.5. The molecule has 1 aromatic heterocycles. The Labute approximate surface area is 201 Å². The molecule has 0 saturated carbocycles. The lowest BCUT2D eigenvalue weighted by Gasteiger charge is -2.24. The van der Waals surface area contributed by atoms with E-state index in [0.717, 1.165) is 4.57 Å². The second-order valence-corrected chi connectivity index (χ2v) is 8.66. The van der Waals surface area contributed by atoms with E-state index in [1.165, 1.54) is 6.92 Å². The van der Waals surface area contributed by atoms with Crippen molar-refractivity contribution in [3.8, 4) is 0 Å². The first-order chi connectivity index (χ1) is 16.6. The Bertz CT molecular complexity index is 1350. The maximum atomic E-state index is 13.3. The highest BCUT2D eigenvalue weighted by Crippen LogP contribution is 2.14. The highest BCUT2D eigenvalue weighted by atomic mass is 16.4. The molecule has 35 heavy (non-hydrogen) atoms. The number of H-pyrrole nitrogens is 1. The second kappa shape index (κ2) is 10.8. The molecule has 3 aromatic rings. The molecule has 184 valence electrons. The van der Waals surface area contributed by atoms with Gasteiger partial charge in [0.05, 0.1) is 10.9 Å². The van der Waals surface area contributed by atoms with Gasteiger partial charge in [0, 0.05) is 6.42 Å². The Morgan fingerprint density at radius 3 is 2.17 bits per heavy atom. The van der Waals surface area contributed by atoms with Gasteiger partial charge >= 0.3 is 11.7 Å². The van der Waals surface area contributed by atoms with E-state index in [9.17, 15) is 29.1 Å². The van der Waals surface area contributed by atoms with Gasteiger partial charge in [-0.3, -0.25) is 14.4 Å². The van der Waals surface area contributed by atoms with Gasteiger partial charge in [-0.1, -0.05) is 56.3 Å². The molecular weight excluding hydrogens is 452 g/mol. The molecule has 3 atom stereocenters. The third kappa shape index (κ3) is 5.84. The van der Waals surface area contributed by atoms with Crippen molar-refractivity contribution in [2.24, 2.45) is 5.92 Å². The Kier molecular flexibility index (Phi) is 7.85. The van der Waals surface area contributed by atoms with Gasteiger partial charge < -0.3 is 20.7 Å². The van der Waals surface area contributed by atoms with Crippen LogP contribution in [0, 0.1) is 5.92 Å². The predicted molar refractivity (Wildman–Crippen MR) is 130 cm³/mol. The van der Waals surface area contributed by atoms with Crippen LogP contribution in [-0.4, -0.2) is 44.5 Å². The van der Waals surface area contributed by atoms with E-state index in [1.807, 2.05) is 0 Å². The molecule has 4 N–H and O–H groups in total. The first-order valence-corrected chi connectivity index (χ1v) is 11.2. The molecule has 0 saturated heterocycles. The van der Waals surface area contributed by atoms with Gasteiger partial charge in [-0.05, 0) is 30.5 Å². The number of benzene rings is 2. The summed E-state index contributed by atoms with van der Waals surface area (Å²) in [6, 6.07) is 11.8. The van der Waals surface area contributed by atoms with Crippen LogP contribution in [0.2, 0.25) is 0 Å². The summed E-state index contributed by atoms with van der Waals surface area (Å²) in [5.41, 5.74) is -0.343. The van der Waals surface area contributed by atoms with E-state index >= 15 is 0 Å². The van der Waals surface area contributed by atoms with Crippen LogP contribution in [0.3, 0.4) is 0 Å². The fraction of sp³-hybridized carbons (Fsp3) is 0.320. The Morgan fingerprint density at radius 1 is 0.914 bits per heavy atom. The number of fused-ring (bicyclic) bond motifs is 1. The number of carboxylic acid groups (broad SMARTS) is 1. The number of nitrogens with one attached hydrogen (secondary N) is 3. The van der Waals surface area contributed by atoms with E-state index in [1.54, 1.807) is 68.4 Å². The average Bonchev–Trinajstić information content (AvgIpc) is 2.81. The quantitative estimate of drug-likeness (QED) is 0.361. The minimum atomic E-state index is -1.26. The predicted octanol–water partition coefficient (Wildman–Crippen LogP) is 1.20. The normalized spacial score (nSPS) is 13.7. The molecule has 10 nitrogen and oxygen atoms in total. The molecule has 0 aliphatic rings. The van der Waals surface area contributed by atoms with Crippen LogP contribution in [-0.2, 0) is 20.8 Å². The zero-order valence-corrected chi connectivity index (χ0v) is 19.6. The van der Waals surface area contributed by atoms with Crippen molar-refractivity contribution in [3.05, 3.63) is 81.0 Å². The first kappa shape index (κ1) is 25.4. The number of amides is 2. The highest BCUT2D eigenvalue weighted by Gasteiger charge is 2.30. The summed E-state index contributed by atoms with van der Waals surface area (Å²) >= 11 is 0. The lowest BCUT2D eigenvalue weighted by molar-refractivity contribution is -0.143. The van der Waals surface area contributed by atoms with Crippen molar-refractivity contribution in [2.45, 2.75) is 45.3 Å². The smallest absolute Gasteiger partial charge is 0.329 e. The Balaban J connectivity index is 1.95. The number of aromatic amines is 1. The highest BCUT2D eigenvalue weighted by molar-refractivity contribution is 5.91. The van der Waals surface area contributed by atoms with Crippen molar-refractivity contribution >= 4 is 28.7 Å². The zero-order chi connectivity index (χ0) is 25.7. The van der Waals surface area contributed by atoms with Crippen LogP contribution >= 0.6 is 0 Å². The van der Waals surface area contributed by atoms with Gasteiger partial charge in [-0.25, -0.2) is 14.2 Å². The molecule has 0 spiro atoms. The number of hydrogen-bond acceptors (Lipinski definition) is 5. The Morgan fingerprint density at radius 2 is 1.54 bits per heavy atom. The van der Waals surface area contributed by atoms with Gasteiger partial charge in [0.2, 0.25) is 11.8 Å². The Hall–Kier alpha value is -4.21. The molecule has 2 amide bonds. The summed E-state index contributed by atoms with van der Waals surface area (Å²) in [5.74, 6) is -2.99. The first-order valence-electron chi connectivity index (χ1n) is 11.2. The number of nitrogens with zero attached hydrogens (tertiary/aromatic N) is 1. The number of carboxylic acids is 1. The number of rotatable bonds is 9. The van der Waals surface area contributed by atoms with Crippen molar-refractivity contribution in [1.29, 1.82) is 0 Å². The number of aliphatic carboxylic acids is 1. The zero-order valence-electron chi connectivity index (χ0n) is 19.6. The van der Waals surface area contributed by atoms with Gasteiger partial charge in [0.25, 0.3) is 5.56 Å². The average molecular weight is 481 g/mol. The maximum Gasteiger partial charge on any atom is 0.329 e. The molecule has 0 aliphatic carbocycles. The van der Waals surface area contributed by atoms with Crippen LogP contribution in [0.25, 0.3) is 10.9 Å². The van der Waals surface area contributed by atoms with E-state index in [2.05, 4.69) is 15.6 Å². The van der Waals surface area contributed by atoms with Crippen molar-refractivity contribution in [3.63, 3.8) is 0 Å². The molecule has 0 bridgehead atoms. The standard InChI is InChI=1S/C25H28N4O6/c1-14(2)20(24(33)34)28-21(30)15(3)26-22(31)19(13-16-9-5-4-6-10-16)29-23(32)17-11-7-8-12-18(17)27-25(29)35/h4-12,14-15,19-20H,13H2,1-3H3,(H,26,31)(H,27,35)(H,28,30)(H,33,34). The number of hydrogen-bond donors (Lipinski definition) is 4. The van der Waals surface area contributed by atoms with Crippen molar-refractivity contribution in [2.75, 3.05) is 0 Å². The summed E-state index contributed by atoms with van der Waals surface area (Å²) in [6.45, 7) is 4.70. The van der Waals surface area contributed by atoms with Crippen molar-refractivity contribution < 1.29 is 19.5 Å². The summed E-state index contributed by atoms with van der Waals surface area (Å²) in [4.78, 5) is 66.1. The molecule has 10 heteroatoms. The number of aromatic nitrogens is 2. The van der Waals surface area contributed by atoms with Gasteiger partial charge in [-0.2, -0.15) is 0 Å².